The molecule has 0 saturated carbocycles. The fourth-order valence-electron chi connectivity index (χ4n) is 1.38. The zero-order chi connectivity index (χ0) is 11.4. The van der Waals surface area contributed by atoms with Crippen LogP contribution in [0.25, 0.3) is 0 Å². The second kappa shape index (κ2) is 4.54. The van der Waals surface area contributed by atoms with Crippen LogP contribution >= 0.6 is 0 Å². The van der Waals surface area contributed by atoms with Gasteiger partial charge in [-0.1, -0.05) is 19.1 Å². The molecule has 0 unspecified atom stereocenters. The zero-order valence-electron chi connectivity index (χ0n) is 8.21. The Morgan fingerprint density at radius 1 is 1.47 bits per heavy atom. The van der Waals surface area contributed by atoms with E-state index in [0.29, 0.717) is 12.0 Å². The molecular weight excluding hydrogens is 198 g/mol. The molecule has 1 atom stereocenters. The van der Waals surface area contributed by atoms with E-state index in [9.17, 15) is 14.9 Å². The number of rotatable bonds is 4. The lowest BCUT2D eigenvalue weighted by molar-refractivity contribution is -0.384. The lowest BCUT2D eigenvalue weighted by atomic mass is 9.97. The fourth-order valence-corrected chi connectivity index (χ4v) is 1.38. The maximum absolute atomic E-state index is 10.8. The van der Waals surface area contributed by atoms with Gasteiger partial charge in [-0.2, -0.15) is 0 Å². The largest absolute Gasteiger partial charge is 0.481 e. The third kappa shape index (κ3) is 2.52. The van der Waals surface area contributed by atoms with E-state index in [0.717, 1.165) is 0 Å². The number of nitrogens with zero attached hydrogens (tertiary/aromatic N) is 1. The molecule has 5 nitrogen and oxygen atoms in total. The fraction of sp³-hybridized carbons (Fsp3) is 0.300. The second-order valence-corrected chi connectivity index (χ2v) is 3.15. The van der Waals surface area contributed by atoms with E-state index >= 15 is 0 Å². The summed E-state index contributed by atoms with van der Waals surface area (Å²) in [6.45, 7) is 1.76. The van der Waals surface area contributed by atoms with Crippen molar-refractivity contribution in [2.75, 3.05) is 0 Å². The molecule has 0 fully saturated rings. The number of hydrogen-bond acceptors (Lipinski definition) is 3. The van der Waals surface area contributed by atoms with Crippen LogP contribution in [0.3, 0.4) is 0 Å². The predicted molar refractivity (Wildman–Crippen MR) is 53.8 cm³/mol. The van der Waals surface area contributed by atoms with Gasteiger partial charge in [0.2, 0.25) is 0 Å². The standard InChI is InChI=1S/C10H11NO4/c1-2-9(10(12)13)7-3-5-8(6-4-7)11(14)15/h3-6,9H,2H2,1H3,(H,12,13)/t9-/m0/s1. The Morgan fingerprint density at radius 3 is 2.33 bits per heavy atom. The van der Waals surface area contributed by atoms with E-state index in [1.807, 2.05) is 0 Å². The highest BCUT2D eigenvalue weighted by molar-refractivity contribution is 5.76. The molecule has 1 rings (SSSR count). The SMILES string of the molecule is CC[C@H](C(=O)O)c1ccc([N+](=O)[O-])cc1. The van der Waals surface area contributed by atoms with E-state index in [-0.39, 0.29) is 5.69 Å². The predicted octanol–water partition coefficient (Wildman–Crippen LogP) is 2.17. The van der Waals surface area contributed by atoms with Crippen LogP contribution in [-0.4, -0.2) is 16.0 Å². The van der Waals surface area contributed by atoms with Crippen molar-refractivity contribution in [3.63, 3.8) is 0 Å². The Hall–Kier alpha value is -1.91. The first-order chi connectivity index (χ1) is 7.06. The molecule has 1 N–H and O–H groups in total. The van der Waals surface area contributed by atoms with Crippen molar-refractivity contribution in [2.24, 2.45) is 0 Å². The Labute approximate surface area is 86.5 Å². The molecule has 1 aromatic carbocycles. The summed E-state index contributed by atoms with van der Waals surface area (Å²) in [7, 11) is 0. The molecule has 0 amide bonds. The van der Waals surface area contributed by atoms with Crippen LogP contribution in [0.4, 0.5) is 5.69 Å². The Kier molecular flexibility index (Phi) is 3.38. The number of hydrogen-bond donors (Lipinski definition) is 1. The number of aliphatic carboxylic acids is 1. The molecule has 0 heterocycles. The topological polar surface area (TPSA) is 80.4 Å². The number of nitro benzene ring substituents is 1. The van der Waals surface area contributed by atoms with E-state index in [1.54, 1.807) is 6.92 Å². The molecule has 0 aliphatic rings. The average molecular weight is 209 g/mol. The number of carbonyl (C=O) groups is 1. The molecule has 0 radical (unpaired) electrons. The van der Waals surface area contributed by atoms with Gasteiger partial charge < -0.3 is 5.11 Å². The molecular formula is C10H11NO4. The van der Waals surface area contributed by atoms with Crippen LogP contribution in [-0.2, 0) is 4.79 Å². The molecule has 0 spiro atoms. The summed E-state index contributed by atoms with van der Waals surface area (Å²) in [6.07, 6.45) is 0.465. The third-order valence-corrected chi connectivity index (χ3v) is 2.21. The molecule has 0 saturated heterocycles. The van der Waals surface area contributed by atoms with Crippen molar-refractivity contribution < 1.29 is 14.8 Å². The Balaban J connectivity index is 2.97. The van der Waals surface area contributed by atoms with Gasteiger partial charge in [-0.05, 0) is 12.0 Å². The molecule has 0 bridgehead atoms. The normalized spacial score (nSPS) is 12.1. The summed E-state index contributed by atoms with van der Waals surface area (Å²) in [4.78, 5) is 20.7. The van der Waals surface area contributed by atoms with Crippen LogP contribution in [0.5, 0.6) is 0 Å². The average Bonchev–Trinajstić information content (AvgIpc) is 2.19. The smallest absolute Gasteiger partial charge is 0.310 e. The quantitative estimate of drug-likeness (QED) is 0.608. The number of carboxylic acids is 1. The number of nitro groups is 1. The van der Waals surface area contributed by atoms with E-state index < -0.39 is 16.8 Å². The Bertz CT molecular complexity index is 372. The van der Waals surface area contributed by atoms with E-state index in [2.05, 4.69) is 0 Å². The first kappa shape index (κ1) is 11.2. The van der Waals surface area contributed by atoms with Gasteiger partial charge in [0, 0.05) is 12.1 Å². The van der Waals surface area contributed by atoms with Crippen molar-refractivity contribution >= 4 is 11.7 Å². The van der Waals surface area contributed by atoms with Crippen LogP contribution < -0.4 is 0 Å². The Morgan fingerprint density at radius 2 is 2.00 bits per heavy atom. The van der Waals surface area contributed by atoms with Gasteiger partial charge in [0.05, 0.1) is 10.8 Å². The third-order valence-electron chi connectivity index (χ3n) is 2.21. The highest BCUT2D eigenvalue weighted by Crippen LogP contribution is 2.22. The van der Waals surface area contributed by atoms with E-state index in [1.165, 1.54) is 24.3 Å². The maximum atomic E-state index is 10.8. The van der Waals surface area contributed by atoms with E-state index in [4.69, 9.17) is 5.11 Å². The van der Waals surface area contributed by atoms with Crippen molar-refractivity contribution in [1.82, 2.24) is 0 Å². The number of carboxylic acid groups (broad SMARTS) is 1. The van der Waals surface area contributed by atoms with Crippen LogP contribution in [0.2, 0.25) is 0 Å². The number of non-ortho nitro benzene ring substituents is 1. The number of benzene rings is 1. The lowest BCUT2D eigenvalue weighted by Crippen LogP contribution is -2.10. The maximum Gasteiger partial charge on any atom is 0.310 e. The summed E-state index contributed by atoms with van der Waals surface area (Å²) in [5.74, 6) is -1.50. The second-order valence-electron chi connectivity index (χ2n) is 3.15. The van der Waals surface area contributed by atoms with Crippen LogP contribution in [0.15, 0.2) is 24.3 Å². The van der Waals surface area contributed by atoms with Gasteiger partial charge in [0.15, 0.2) is 0 Å². The van der Waals surface area contributed by atoms with Crippen molar-refractivity contribution in [1.29, 1.82) is 0 Å². The molecule has 0 aliphatic heterocycles. The molecule has 5 heteroatoms. The monoisotopic (exact) mass is 209 g/mol. The van der Waals surface area contributed by atoms with Gasteiger partial charge in [-0.3, -0.25) is 14.9 Å². The molecule has 80 valence electrons. The molecule has 1 aromatic rings. The minimum absolute atomic E-state index is 0.0287. The minimum Gasteiger partial charge on any atom is -0.481 e. The molecule has 0 aromatic heterocycles. The van der Waals surface area contributed by atoms with Gasteiger partial charge in [0.1, 0.15) is 0 Å². The van der Waals surface area contributed by atoms with Gasteiger partial charge in [0.25, 0.3) is 5.69 Å². The highest BCUT2D eigenvalue weighted by Gasteiger charge is 2.18. The molecule has 0 aliphatic carbocycles. The first-order valence-electron chi connectivity index (χ1n) is 4.53. The van der Waals surface area contributed by atoms with Gasteiger partial charge >= 0.3 is 5.97 Å². The summed E-state index contributed by atoms with van der Waals surface area (Å²) in [6, 6.07) is 5.61. The lowest BCUT2D eigenvalue weighted by Gasteiger charge is -2.08. The summed E-state index contributed by atoms with van der Waals surface area (Å²) in [5, 5.41) is 19.2. The first-order valence-corrected chi connectivity index (χ1v) is 4.53. The van der Waals surface area contributed by atoms with Crippen molar-refractivity contribution in [3.8, 4) is 0 Å². The van der Waals surface area contributed by atoms with Crippen molar-refractivity contribution in [2.45, 2.75) is 19.3 Å². The van der Waals surface area contributed by atoms with Crippen LogP contribution in [0.1, 0.15) is 24.8 Å². The summed E-state index contributed by atoms with van der Waals surface area (Å²) in [5.41, 5.74) is 0.564. The summed E-state index contributed by atoms with van der Waals surface area (Å²) >= 11 is 0. The molecule has 15 heavy (non-hydrogen) atoms. The van der Waals surface area contributed by atoms with Crippen LogP contribution in [0, 0.1) is 10.1 Å². The van der Waals surface area contributed by atoms with Gasteiger partial charge in [-0.25, -0.2) is 0 Å². The minimum atomic E-state index is -0.911. The summed E-state index contributed by atoms with van der Waals surface area (Å²) < 4.78 is 0. The highest BCUT2D eigenvalue weighted by atomic mass is 16.6. The van der Waals surface area contributed by atoms with Crippen molar-refractivity contribution in [3.05, 3.63) is 39.9 Å². The van der Waals surface area contributed by atoms with Gasteiger partial charge in [-0.15, -0.1) is 0 Å². The zero-order valence-corrected chi connectivity index (χ0v) is 8.21.